The number of benzene rings is 2. The molecule has 2 aromatic rings. The Labute approximate surface area is 170 Å². The molecule has 28 heavy (non-hydrogen) atoms. The first-order valence-corrected chi connectivity index (χ1v) is 9.66. The van der Waals surface area contributed by atoms with Gasteiger partial charge in [-0.25, -0.2) is 0 Å². The highest BCUT2D eigenvalue weighted by molar-refractivity contribution is 6.31. The fourth-order valence-corrected chi connectivity index (χ4v) is 3.03. The summed E-state index contributed by atoms with van der Waals surface area (Å²) >= 11 is 6.34. The van der Waals surface area contributed by atoms with Crippen molar-refractivity contribution in [2.45, 2.75) is 32.4 Å². The second-order valence-electron chi connectivity index (χ2n) is 6.49. The van der Waals surface area contributed by atoms with Gasteiger partial charge in [0.1, 0.15) is 12.3 Å². The number of esters is 1. The molecule has 0 aliphatic rings. The standard InChI is InChI=1S/C21H27ClN2O4/c1-3-28-20(26)13-24-17-7-4-15(19(22)12-17)10-11-23-14(2)21(27)16-5-8-18(25)9-6-16/h4-9,12,14,21,23-25,27H,3,10-11,13H2,1-2H3/t14-,21-/m0/s1. The van der Waals surface area contributed by atoms with Crippen LogP contribution in [-0.2, 0) is 16.0 Å². The number of aliphatic hydroxyl groups is 1. The minimum absolute atomic E-state index is 0.0950. The summed E-state index contributed by atoms with van der Waals surface area (Å²) in [5.41, 5.74) is 2.47. The molecule has 0 fully saturated rings. The van der Waals surface area contributed by atoms with Gasteiger partial charge in [0.05, 0.1) is 12.7 Å². The molecule has 0 aliphatic carbocycles. The number of carbonyl (C=O) groups excluding carboxylic acids is 1. The predicted molar refractivity (Wildman–Crippen MR) is 111 cm³/mol. The van der Waals surface area contributed by atoms with Crippen molar-refractivity contribution in [1.29, 1.82) is 0 Å². The average molecular weight is 407 g/mol. The van der Waals surface area contributed by atoms with Crippen LogP contribution in [0.2, 0.25) is 5.02 Å². The smallest absolute Gasteiger partial charge is 0.325 e. The number of aromatic hydroxyl groups is 1. The van der Waals surface area contributed by atoms with Crippen molar-refractivity contribution in [3.8, 4) is 5.75 Å². The molecule has 7 heteroatoms. The van der Waals surface area contributed by atoms with Crippen LogP contribution >= 0.6 is 11.6 Å². The van der Waals surface area contributed by atoms with Crippen LogP contribution in [0.5, 0.6) is 5.75 Å². The molecule has 2 aromatic carbocycles. The van der Waals surface area contributed by atoms with Crippen molar-refractivity contribution in [2.24, 2.45) is 0 Å². The van der Waals surface area contributed by atoms with Crippen LogP contribution in [0, 0.1) is 0 Å². The van der Waals surface area contributed by atoms with Gasteiger partial charge in [-0.1, -0.05) is 29.8 Å². The number of ether oxygens (including phenoxy) is 1. The number of carbonyl (C=O) groups is 1. The van der Waals surface area contributed by atoms with Crippen LogP contribution in [-0.4, -0.2) is 41.9 Å². The zero-order valence-corrected chi connectivity index (χ0v) is 16.9. The predicted octanol–water partition coefficient (Wildman–Crippen LogP) is 3.27. The fourth-order valence-electron chi connectivity index (χ4n) is 2.75. The minimum atomic E-state index is -0.675. The Morgan fingerprint density at radius 1 is 1.21 bits per heavy atom. The number of halogens is 1. The lowest BCUT2D eigenvalue weighted by molar-refractivity contribution is -0.140. The SMILES string of the molecule is CCOC(=O)CNc1ccc(CCN[C@@H](C)[C@H](O)c2ccc(O)cc2)c(Cl)c1. The average Bonchev–Trinajstić information content (AvgIpc) is 2.68. The number of phenolic OH excluding ortho intramolecular Hbond substituents is 1. The third-order valence-electron chi connectivity index (χ3n) is 4.36. The number of rotatable bonds is 10. The van der Waals surface area contributed by atoms with Crippen LogP contribution in [0.3, 0.4) is 0 Å². The molecule has 152 valence electrons. The maximum absolute atomic E-state index is 11.4. The molecule has 0 radical (unpaired) electrons. The van der Waals surface area contributed by atoms with Crippen molar-refractivity contribution < 1.29 is 19.7 Å². The molecule has 0 amide bonds. The maximum Gasteiger partial charge on any atom is 0.325 e. The van der Waals surface area contributed by atoms with Gasteiger partial charge in [-0.15, -0.1) is 0 Å². The van der Waals surface area contributed by atoms with Crippen molar-refractivity contribution in [2.75, 3.05) is 25.0 Å². The van der Waals surface area contributed by atoms with E-state index >= 15 is 0 Å². The summed E-state index contributed by atoms with van der Waals surface area (Å²) in [6, 6.07) is 11.9. The molecule has 2 rings (SSSR count). The second-order valence-corrected chi connectivity index (χ2v) is 6.90. The third-order valence-corrected chi connectivity index (χ3v) is 4.72. The Morgan fingerprint density at radius 3 is 2.57 bits per heavy atom. The maximum atomic E-state index is 11.4. The summed E-state index contributed by atoms with van der Waals surface area (Å²) in [7, 11) is 0. The highest BCUT2D eigenvalue weighted by Crippen LogP contribution is 2.22. The highest BCUT2D eigenvalue weighted by atomic mass is 35.5. The van der Waals surface area contributed by atoms with Gasteiger partial charge in [0.2, 0.25) is 0 Å². The number of phenols is 1. The molecule has 0 saturated carbocycles. The van der Waals surface area contributed by atoms with Gasteiger partial charge in [-0.05, 0) is 62.2 Å². The monoisotopic (exact) mass is 406 g/mol. The number of aliphatic hydroxyl groups excluding tert-OH is 1. The molecule has 0 heterocycles. The molecular formula is C21H27ClN2O4. The number of hydrogen-bond acceptors (Lipinski definition) is 6. The Morgan fingerprint density at radius 2 is 1.93 bits per heavy atom. The molecule has 4 N–H and O–H groups in total. The topological polar surface area (TPSA) is 90.8 Å². The van der Waals surface area contributed by atoms with Gasteiger partial charge in [-0.2, -0.15) is 0 Å². The van der Waals surface area contributed by atoms with Crippen LogP contribution < -0.4 is 10.6 Å². The van der Waals surface area contributed by atoms with E-state index < -0.39 is 6.10 Å². The lowest BCUT2D eigenvalue weighted by atomic mass is 10.0. The number of hydrogen-bond donors (Lipinski definition) is 4. The first kappa shape index (κ1) is 22.0. The summed E-state index contributed by atoms with van der Waals surface area (Å²) in [6.45, 7) is 4.76. The van der Waals surface area contributed by atoms with E-state index in [2.05, 4.69) is 10.6 Å². The van der Waals surface area contributed by atoms with Gasteiger partial charge in [0.15, 0.2) is 0 Å². The van der Waals surface area contributed by atoms with Crippen molar-refractivity contribution in [1.82, 2.24) is 5.32 Å². The Bertz CT molecular complexity index is 768. The third kappa shape index (κ3) is 6.71. The molecule has 0 saturated heterocycles. The summed E-state index contributed by atoms with van der Waals surface area (Å²) in [6.07, 6.45) is 0.0226. The van der Waals surface area contributed by atoms with E-state index in [-0.39, 0.29) is 24.3 Å². The quantitative estimate of drug-likeness (QED) is 0.453. The van der Waals surface area contributed by atoms with Crippen LogP contribution in [0.15, 0.2) is 42.5 Å². The summed E-state index contributed by atoms with van der Waals surface area (Å²) in [4.78, 5) is 11.4. The number of anilines is 1. The van der Waals surface area contributed by atoms with E-state index in [0.29, 0.717) is 24.6 Å². The number of nitrogens with one attached hydrogen (secondary N) is 2. The highest BCUT2D eigenvalue weighted by Gasteiger charge is 2.16. The zero-order chi connectivity index (χ0) is 20.5. The molecule has 0 spiro atoms. The Balaban J connectivity index is 1.82. The van der Waals surface area contributed by atoms with Crippen LogP contribution in [0.4, 0.5) is 5.69 Å². The first-order chi connectivity index (χ1) is 13.4. The normalized spacial score (nSPS) is 13.0. The van der Waals surface area contributed by atoms with E-state index in [0.717, 1.165) is 16.8 Å². The van der Waals surface area contributed by atoms with E-state index in [1.807, 2.05) is 19.1 Å². The van der Waals surface area contributed by atoms with Gasteiger partial charge < -0.3 is 25.6 Å². The van der Waals surface area contributed by atoms with Gasteiger partial charge in [0, 0.05) is 16.8 Å². The molecular weight excluding hydrogens is 380 g/mol. The summed E-state index contributed by atoms with van der Waals surface area (Å²) in [5.74, 6) is -0.139. The van der Waals surface area contributed by atoms with Gasteiger partial charge >= 0.3 is 5.97 Å². The zero-order valence-electron chi connectivity index (χ0n) is 16.1. The van der Waals surface area contributed by atoms with Crippen molar-refractivity contribution >= 4 is 23.3 Å². The van der Waals surface area contributed by atoms with E-state index in [1.165, 1.54) is 0 Å². The lowest BCUT2D eigenvalue weighted by Crippen LogP contribution is -2.33. The molecule has 0 bridgehead atoms. The summed E-state index contributed by atoms with van der Waals surface area (Å²) < 4.78 is 4.87. The lowest BCUT2D eigenvalue weighted by Gasteiger charge is -2.21. The van der Waals surface area contributed by atoms with Gasteiger partial charge in [0.25, 0.3) is 0 Å². The molecule has 6 nitrogen and oxygen atoms in total. The van der Waals surface area contributed by atoms with Gasteiger partial charge in [-0.3, -0.25) is 4.79 Å². The largest absolute Gasteiger partial charge is 0.508 e. The fraction of sp³-hybridized carbons (Fsp3) is 0.381. The van der Waals surface area contributed by atoms with Crippen LogP contribution in [0.1, 0.15) is 31.1 Å². The molecule has 2 atom stereocenters. The van der Waals surface area contributed by atoms with Crippen LogP contribution in [0.25, 0.3) is 0 Å². The van der Waals surface area contributed by atoms with E-state index in [9.17, 15) is 15.0 Å². The molecule has 0 unspecified atom stereocenters. The van der Waals surface area contributed by atoms with Crippen molar-refractivity contribution in [3.63, 3.8) is 0 Å². The minimum Gasteiger partial charge on any atom is -0.508 e. The Hall–Kier alpha value is -2.28. The second kappa shape index (κ2) is 10.9. The van der Waals surface area contributed by atoms with E-state index in [4.69, 9.17) is 16.3 Å². The van der Waals surface area contributed by atoms with Crippen molar-refractivity contribution in [3.05, 3.63) is 58.6 Å². The molecule has 0 aromatic heterocycles. The summed E-state index contributed by atoms with van der Waals surface area (Å²) in [5, 5.41) is 26.6. The first-order valence-electron chi connectivity index (χ1n) is 9.29. The Kier molecular flexibility index (Phi) is 8.57. The molecule has 0 aliphatic heterocycles. The van der Waals surface area contributed by atoms with E-state index in [1.54, 1.807) is 37.3 Å².